The Morgan fingerprint density at radius 2 is 1.75 bits per heavy atom. The van der Waals surface area contributed by atoms with Crippen LogP contribution < -0.4 is 10.2 Å². The van der Waals surface area contributed by atoms with Crippen molar-refractivity contribution in [3.8, 4) is 0 Å². The maximum absolute atomic E-state index is 14.2. The normalized spacial score (nSPS) is 21.0. The second-order valence-electron chi connectivity index (χ2n) is 9.72. The van der Waals surface area contributed by atoms with Crippen molar-refractivity contribution < 1.29 is 13.6 Å². The number of carbonyl (C=O) groups is 1. The molecule has 3 aliphatic rings. The molecule has 0 atom stereocenters. The van der Waals surface area contributed by atoms with Crippen LogP contribution in [0.3, 0.4) is 0 Å². The van der Waals surface area contributed by atoms with E-state index >= 15 is 0 Å². The highest BCUT2D eigenvalue weighted by atomic mass is 19.1. The zero-order chi connectivity index (χ0) is 22.1. The molecule has 2 aliphatic heterocycles. The maximum atomic E-state index is 14.2. The van der Waals surface area contributed by atoms with Crippen molar-refractivity contribution in [1.82, 2.24) is 10.2 Å². The van der Waals surface area contributed by atoms with Crippen LogP contribution in [0.25, 0.3) is 0 Å². The molecule has 1 saturated carbocycles. The Hall–Kier alpha value is -2.47. The molecule has 2 aromatic rings. The molecule has 0 unspecified atom stereocenters. The molecule has 0 radical (unpaired) electrons. The lowest BCUT2D eigenvalue weighted by molar-refractivity contribution is 0.159. The summed E-state index contributed by atoms with van der Waals surface area (Å²) >= 11 is 0. The minimum atomic E-state index is -0.250. The van der Waals surface area contributed by atoms with Gasteiger partial charge in [-0.05, 0) is 80.2 Å². The van der Waals surface area contributed by atoms with Crippen molar-refractivity contribution in [2.24, 2.45) is 0 Å². The summed E-state index contributed by atoms with van der Waals surface area (Å²) in [6, 6.07) is 11.8. The molecule has 4 nitrogen and oxygen atoms in total. The first kappa shape index (κ1) is 21.4. The van der Waals surface area contributed by atoms with E-state index in [2.05, 4.69) is 10.2 Å². The van der Waals surface area contributed by atoms with Crippen molar-refractivity contribution in [1.29, 1.82) is 0 Å². The fraction of sp³-hybridized carbons (Fsp3) is 0.500. The molecule has 6 heteroatoms. The number of halogens is 2. The Bertz CT molecular complexity index is 981. The zero-order valence-corrected chi connectivity index (χ0v) is 18.5. The number of hydrogen-bond donors (Lipinski definition) is 1. The highest BCUT2D eigenvalue weighted by molar-refractivity contribution is 5.95. The third-order valence-electron chi connectivity index (χ3n) is 7.57. The Kier molecular flexibility index (Phi) is 5.89. The van der Waals surface area contributed by atoms with E-state index in [4.69, 9.17) is 0 Å². The van der Waals surface area contributed by atoms with Gasteiger partial charge in [0.05, 0.1) is 0 Å². The van der Waals surface area contributed by atoms with E-state index in [1.54, 1.807) is 24.3 Å². The van der Waals surface area contributed by atoms with E-state index in [9.17, 15) is 13.6 Å². The second-order valence-corrected chi connectivity index (χ2v) is 9.72. The van der Waals surface area contributed by atoms with Gasteiger partial charge < -0.3 is 5.32 Å². The van der Waals surface area contributed by atoms with E-state index < -0.39 is 0 Å². The van der Waals surface area contributed by atoms with Crippen LogP contribution in [0.15, 0.2) is 42.5 Å². The number of amides is 2. The number of piperidine rings is 1. The predicted octanol–water partition coefficient (Wildman–Crippen LogP) is 5.36. The van der Waals surface area contributed by atoms with Gasteiger partial charge in [0.15, 0.2) is 0 Å². The Morgan fingerprint density at radius 3 is 2.50 bits per heavy atom. The number of fused-ring (bicyclic) bond motifs is 2. The van der Waals surface area contributed by atoms with Gasteiger partial charge in [-0.2, -0.15) is 0 Å². The highest BCUT2D eigenvalue weighted by Crippen LogP contribution is 2.47. The fourth-order valence-corrected chi connectivity index (χ4v) is 5.78. The van der Waals surface area contributed by atoms with Crippen LogP contribution >= 0.6 is 0 Å². The van der Waals surface area contributed by atoms with Crippen molar-refractivity contribution in [3.63, 3.8) is 0 Å². The molecular weight excluding hydrogens is 408 g/mol. The third-order valence-corrected chi connectivity index (χ3v) is 7.57. The maximum Gasteiger partial charge on any atom is 0.322 e. The standard InChI is InChI=1S/C26H31F2N3O/c27-20-6-4-5-19(15-20)17-30-13-11-26(12-14-30)18-31(24-10-9-21(28)16-23(24)26)25(32)29-22-7-2-1-3-8-22/h4-6,9-10,15-16,22H,1-3,7-8,11-14,17-18H2,(H,29,32). The number of benzene rings is 2. The van der Waals surface area contributed by atoms with E-state index in [1.807, 2.05) is 11.0 Å². The molecule has 5 rings (SSSR count). The summed E-state index contributed by atoms with van der Waals surface area (Å²) in [5.74, 6) is -0.462. The number of likely N-dealkylation sites (tertiary alicyclic amines) is 1. The molecule has 32 heavy (non-hydrogen) atoms. The largest absolute Gasteiger partial charge is 0.335 e. The van der Waals surface area contributed by atoms with Gasteiger partial charge in [-0.15, -0.1) is 0 Å². The molecule has 2 aromatic carbocycles. The van der Waals surface area contributed by atoms with Gasteiger partial charge >= 0.3 is 6.03 Å². The first-order valence-corrected chi connectivity index (χ1v) is 11.9. The summed E-state index contributed by atoms with van der Waals surface area (Å²) < 4.78 is 27.8. The van der Waals surface area contributed by atoms with Gasteiger partial charge in [-0.3, -0.25) is 9.80 Å². The molecule has 1 aliphatic carbocycles. The van der Waals surface area contributed by atoms with Gasteiger partial charge in [0.25, 0.3) is 0 Å². The van der Waals surface area contributed by atoms with Crippen LogP contribution in [0.1, 0.15) is 56.1 Å². The molecule has 0 aromatic heterocycles. The molecule has 1 spiro atoms. The van der Waals surface area contributed by atoms with Crippen molar-refractivity contribution >= 4 is 11.7 Å². The van der Waals surface area contributed by atoms with Crippen molar-refractivity contribution in [2.75, 3.05) is 24.5 Å². The van der Waals surface area contributed by atoms with Gasteiger partial charge in [0.1, 0.15) is 11.6 Å². The van der Waals surface area contributed by atoms with E-state index in [0.717, 1.165) is 68.4 Å². The van der Waals surface area contributed by atoms with Crippen molar-refractivity contribution in [2.45, 2.75) is 62.9 Å². The topological polar surface area (TPSA) is 35.6 Å². The third kappa shape index (κ3) is 4.25. The average molecular weight is 440 g/mol. The number of anilines is 1. The number of nitrogens with one attached hydrogen (secondary N) is 1. The number of hydrogen-bond acceptors (Lipinski definition) is 2. The van der Waals surface area contributed by atoms with Gasteiger partial charge in [-0.25, -0.2) is 13.6 Å². The van der Waals surface area contributed by atoms with Crippen LogP contribution in [-0.4, -0.2) is 36.6 Å². The zero-order valence-electron chi connectivity index (χ0n) is 18.5. The van der Waals surface area contributed by atoms with Crippen LogP contribution in [0, 0.1) is 11.6 Å². The van der Waals surface area contributed by atoms with Crippen LogP contribution in [0.4, 0.5) is 19.3 Å². The SMILES string of the molecule is O=C(NC1CCCCC1)N1CC2(CCN(Cc3cccc(F)c3)CC2)c2cc(F)ccc21. The van der Waals surface area contributed by atoms with Gasteiger partial charge in [-0.1, -0.05) is 31.4 Å². The van der Waals surface area contributed by atoms with E-state index in [0.29, 0.717) is 13.1 Å². The van der Waals surface area contributed by atoms with Crippen LogP contribution in [0.5, 0.6) is 0 Å². The summed E-state index contributed by atoms with van der Waals surface area (Å²) in [5.41, 5.74) is 2.55. The Labute approximate surface area is 188 Å². The van der Waals surface area contributed by atoms with Crippen LogP contribution in [0.2, 0.25) is 0 Å². The quantitative estimate of drug-likeness (QED) is 0.699. The monoisotopic (exact) mass is 439 g/mol. The Morgan fingerprint density at radius 1 is 1.00 bits per heavy atom. The summed E-state index contributed by atoms with van der Waals surface area (Å²) in [7, 11) is 0. The Balaban J connectivity index is 1.31. The summed E-state index contributed by atoms with van der Waals surface area (Å²) in [4.78, 5) is 17.4. The summed E-state index contributed by atoms with van der Waals surface area (Å²) in [6.45, 7) is 2.98. The number of nitrogens with zero attached hydrogens (tertiary/aromatic N) is 2. The molecule has 1 saturated heterocycles. The number of carbonyl (C=O) groups excluding carboxylic acids is 1. The van der Waals surface area contributed by atoms with Gasteiger partial charge in [0, 0.05) is 30.2 Å². The number of rotatable bonds is 3. The second kappa shape index (κ2) is 8.81. The lowest BCUT2D eigenvalue weighted by Crippen LogP contribution is -2.49. The minimum Gasteiger partial charge on any atom is -0.335 e. The molecule has 2 amide bonds. The molecule has 2 fully saturated rings. The van der Waals surface area contributed by atoms with Gasteiger partial charge in [0.2, 0.25) is 0 Å². The predicted molar refractivity (Wildman–Crippen MR) is 122 cm³/mol. The summed E-state index contributed by atoms with van der Waals surface area (Å²) in [6.07, 6.45) is 7.35. The molecule has 170 valence electrons. The fourth-order valence-electron chi connectivity index (χ4n) is 5.78. The van der Waals surface area contributed by atoms with E-state index in [1.165, 1.54) is 18.6 Å². The number of urea groups is 1. The van der Waals surface area contributed by atoms with E-state index in [-0.39, 0.29) is 29.1 Å². The lowest BCUT2D eigenvalue weighted by Gasteiger charge is -2.40. The average Bonchev–Trinajstić information content (AvgIpc) is 3.10. The highest BCUT2D eigenvalue weighted by Gasteiger charge is 2.46. The molecule has 1 N–H and O–H groups in total. The first-order chi connectivity index (χ1) is 15.5. The molecular formula is C26H31F2N3O. The molecule has 0 bridgehead atoms. The first-order valence-electron chi connectivity index (χ1n) is 11.9. The summed E-state index contributed by atoms with van der Waals surface area (Å²) in [5, 5.41) is 3.23. The van der Waals surface area contributed by atoms with Crippen molar-refractivity contribution in [3.05, 3.63) is 65.2 Å². The smallest absolute Gasteiger partial charge is 0.322 e. The van der Waals surface area contributed by atoms with Crippen LogP contribution in [-0.2, 0) is 12.0 Å². The molecule has 2 heterocycles. The lowest BCUT2D eigenvalue weighted by atomic mass is 9.74. The minimum absolute atomic E-state index is 0.0520.